The quantitative estimate of drug-likeness (QED) is 0.689. The lowest BCUT2D eigenvalue weighted by Gasteiger charge is -2.19. The zero-order valence-corrected chi connectivity index (χ0v) is 13.4. The van der Waals surface area contributed by atoms with Gasteiger partial charge in [0.15, 0.2) is 0 Å². The van der Waals surface area contributed by atoms with E-state index in [-0.39, 0.29) is 5.91 Å². The second-order valence-electron chi connectivity index (χ2n) is 5.16. The number of carbonyl (C=O) groups excluding carboxylic acids is 1. The second-order valence-corrected chi connectivity index (χ2v) is 6.19. The predicted octanol–water partition coefficient (Wildman–Crippen LogP) is 3.25. The summed E-state index contributed by atoms with van der Waals surface area (Å²) in [6.07, 6.45) is 3.25. The van der Waals surface area contributed by atoms with Gasteiger partial charge in [0, 0.05) is 11.4 Å². The molecule has 3 heterocycles. The lowest BCUT2D eigenvalue weighted by molar-refractivity contribution is -0.122. The van der Waals surface area contributed by atoms with Gasteiger partial charge < -0.3 is 14.2 Å². The first-order valence-electron chi connectivity index (χ1n) is 7.36. The molecule has 1 N–H and O–H groups in total. The Morgan fingerprint density at radius 3 is 2.48 bits per heavy atom. The molecular formula is C17H18N2O3S. The van der Waals surface area contributed by atoms with E-state index in [9.17, 15) is 4.79 Å². The zero-order chi connectivity index (χ0) is 15.9. The molecule has 0 atom stereocenters. The monoisotopic (exact) mass is 330 g/mol. The Kier molecular flexibility index (Phi) is 5.29. The highest BCUT2D eigenvalue weighted by Crippen LogP contribution is 2.14. The third-order valence-corrected chi connectivity index (χ3v) is 4.19. The van der Waals surface area contributed by atoms with Gasteiger partial charge in [0.05, 0.1) is 32.2 Å². The Bertz CT molecular complexity index is 654. The average Bonchev–Trinajstić information content (AvgIpc) is 3.29. The molecule has 0 aliphatic heterocycles. The molecule has 5 nitrogen and oxygen atoms in total. The Balaban J connectivity index is 1.56. The van der Waals surface area contributed by atoms with Crippen molar-refractivity contribution in [1.29, 1.82) is 0 Å². The Hall–Kier alpha value is -2.31. The fourth-order valence-corrected chi connectivity index (χ4v) is 3.02. The maximum Gasteiger partial charge on any atom is 0.234 e. The molecule has 3 aromatic heterocycles. The number of thiophene rings is 1. The van der Waals surface area contributed by atoms with E-state index in [4.69, 9.17) is 8.83 Å². The van der Waals surface area contributed by atoms with E-state index in [1.807, 2.05) is 35.7 Å². The van der Waals surface area contributed by atoms with Gasteiger partial charge in [-0.25, -0.2) is 0 Å². The van der Waals surface area contributed by atoms with Crippen molar-refractivity contribution < 1.29 is 13.6 Å². The van der Waals surface area contributed by atoms with E-state index in [1.54, 1.807) is 23.9 Å². The van der Waals surface area contributed by atoms with E-state index in [2.05, 4.69) is 16.3 Å². The van der Waals surface area contributed by atoms with Crippen molar-refractivity contribution in [1.82, 2.24) is 10.2 Å². The summed E-state index contributed by atoms with van der Waals surface area (Å²) in [6, 6.07) is 11.5. The molecule has 0 fully saturated rings. The van der Waals surface area contributed by atoms with E-state index < -0.39 is 0 Å². The van der Waals surface area contributed by atoms with Crippen LogP contribution in [0.3, 0.4) is 0 Å². The minimum atomic E-state index is -0.0375. The molecule has 120 valence electrons. The number of nitrogens with one attached hydrogen (secondary N) is 1. The topological polar surface area (TPSA) is 58.6 Å². The highest BCUT2D eigenvalue weighted by molar-refractivity contribution is 7.09. The van der Waals surface area contributed by atoms with Gasteiger partial charge >= 0.3 is 0 Å². The number of amides is 1. The Morgan fingerprint density at radius 2 is 1.83 bits per heavy atom. The molecule has 0 spiro atoms. The van der Waals surface area contributed by atoms with Crippen LogP contribution in [0.5, 0.6) is 0 Å². The summed E-state index contributed by atoms with van der Waals surface area (Å²) in [4.78, 5) is 15.5. The van der Waals surface area contributed by atoms with Crippen LogP contribution < -0.4 is 5.32 Å². The molecule has 0 aliphatic carbocycles. The first-order chi connectivity index (χ1) is 11.3. The molecule has 0 aromatic carbocycles. The van der Waals surface area contributed by atoms with Crippen molar-refractivity contribution >= 4 is 17.2 Å². The van der Waals surface area contributed by atoms with Crippen LogP contribution in [-0.4, -0.2) is 17.4 Å². The summed E-state index contributed by atoms with van der Waals surface area (Å²) in [7, 11) is 0. The highest BCUT2D eigenvalue weighted by atomic mass is 32.1. The standard InChI is InChI=1S/C17H18N2O3S/c20-17(18-10-14-4-1-7-21-14)13-19(11-15-5-2-8-22-15)12-16-6-3-9-23-16/h1-9H,10-13H2,(H,18,20). The molecule has 0 saturated carbocycles. The summed E-state index contributed by atoms with van der Waals surface area (Å²) in [6.45, 7) is 2.02. The molecule has 6 heteroatoms. The summed E-state index contributed by atoms with van der Waals surface area (Å²) < 4.78 is 10.6. The Labute approximate surface area is 138 Å². The van der Waals surface area contributed by atoms with Gasteiger partial charge in [0.2, 0.25) is 5.91 Å². The SMILES string of the molecule is O=C(CN(Cc1ccco1)Cc1cccs1)NCc1ccco1. The minimum absolute atomic E-state index is 0.0375. The fourth-order valence-electron chi connectivity index (χ4n) is 2.27. The van der Waals surface area contributed by atoms with Crippen LogP contribution >= 0.6 is 11.3 Å². The van der Waals surface area contributed by atoms with Crippen LogP contribution in [-0.2, 0) is 24.4 Å². The van der Waals surface area contributed by atoms with Crippen LogP contribution in [0.1, 0.15) is 16.4 Å². The van der Waals surface area contributed by atoms with E-state index in [1.165, 1.54) is 4.88 Å². The van der Waals surface area contributed by atoms with Crippen LogP contribution in [0.2, 0.25) is 0 Å². The summed E-state index contributed by atoms with van der Waals surface area (Å²) >= 11 is 1.68. The van der Waals surface area contributed by atoms with Gasteiger partial charge in [-0.2, -0.15) is 0 Å². The molecule has 3 rings (SSSR count). The van der Waals surface area contributed by atoms with Gasteiger partial charge in [-0.05, 0) is 35.7 Å². The van der Waals surface area contributed by atoms with Crippen molar-refractivity contribution in [2.75, 3.05) is 6.54 Å². The molecule has 3 aromatic rings. The molecule has 0 radical (unpaired) electrons. The smallest absolute Gasteiger partial charge is 0.234 e. The van der Waals surface area contributed by atoms with Crippen molar-refractivity contribution in [3.8, 4) is 0 Å². The molecule has 0 unspecified atom stereocenters. The summed E-state index contributed by atoms with van der Waals surface area (Å²) in [5, 5.41) is 4.91. The van der Waals surface area contributed by atoms with Crippen LogP contribution in [0, 0.1) is 0 Å². The summed E-state index contributed by atoms with van der Waals surface area (Å²) in [5.74, 6) is 1.55. The van der Waals surface area contributed by atoms with Gasteiger partial charge in [-0.15, -0.1) is 11.3 Å². The molecule has 0 saturated heterocycles. The highest BCUT2D eigenvalue weighted by Gasteiger charge is 2.14. The first-order valence-corrected chi connectivity index (χ1v) is 8.24. The molecule has 23 heavy (non-hydrogen) atoms. The largest absolute Gasteiger partial charge is 0.468 e. The maximum atomic E-state index is 12.2. The maximum absolute atomic E-state index is 12.2. The normalized spacial score (nSPS) is 11.0. The fraction of sp³-hybridized carbons (Fsp3) is 0.235. The number of nitrogens with zero attached hydrogens (tertiary/aromatic N) is 1. The van der Waals surface area contributed by atoms with Crippen molar-refractivity contribution in [2.24, 2.45) is 0 Å². The van der Waals surface area contributed by atoms with Crippen molar-refractivity contribution in [2.45, 2.75) is 19.6 Å². The zero-order valence-electron chi connectivity index (χ0n) is 12.6. The van der Waals surface area contributed by atoms with Crippen molar-refractivity contribution in [3.05, 3.63) is 70.7 Å². The van der Waals surface area contributed by atoms with Crippen molar-refractivity contribution in [3.63, 3.8) is 0 Å². The third-order valence-electron chi connectivity index (χ3n) is 3.33. The number of rotatable bonds is 8. The van der Waals surface area contributed by atoms with Gasteiger partial charge in [-0.1, -0.05) is 6.07 Å². The number of hydrogen-bond donors (Lipinski definition) is 1. The minimum Gasteiger partial charge on any atom is -0.468 e. The number of furan rings is 2. The van der Waals surface area contributed by atoms with E-state index in [0.717, 1.165) is 11.5 Å². The lowest BCUT2D eigenvalue weighted by Crippen LogP contribution is -2.36. The summed E-state index contributed by atoms with van der Waals surface area (Å²) in [5.41, 5.74) is 0. The molecular weight excluding hydrogens is 312 g/mol. The third kappa shape index (κ3) is 4.84. The second kappa shape index (κ2) is 7.80. The predicted molar refractivity (Wildman–Crippen MR) is 87.7 cm³/mol. The van der Waals surface area contributed by atoms with Crippen LogP contribution in [0.15, 0.2) is 63.1 Å². The molecule has 0 aliphatic rings. The molecule has 0 bridgehead atoms. The molecule has 1 amide bonds. The number of carbonyl (C=O) groups is 1. The van der Waals surface area contributed by atoms with E-state index in [0.29, 0.717) is 26.2 Å². The van der Waals surface area contributed by atoms with Gasteiger partial charge in [-0.3, -0.25) is 9.69 Å². The van der Waals surface area contributed by atoms with Gasteiger partial charge in [0.1, 0.15) is 11.5 Å². The average molecular weight is 330 g/mol. The lowest BCUT2D eigenvalue weighted by atomic mass is 10.3. The van der Waals surface area contributed by atoms with Crippen LogP contribution in [0.25, 0.3) is 0 Å². The number of hydrogen-bond acceptors (Lipinski definition) is 5. The Morgan fingerprint density at radius 1 is 1.04 bits per heavy atom. The van der Waals surface area contributed by atoms with Crippen LogP contribution in [0.4, 0.5) is 0 Å². The first kappa shape index (κ1) is 15.6. The van der Waals surface area contributed by atoms with Gasteiger partial charge in [0.25, 0.3) is 0 Å². The van der Waals surface area contributed by atoms with E-state index >= 15 is 0 Å².